The molecule has 2 aliphatic rings. The Labute approximate surface area is 127 Å². The second kappa shape index (κ2) is 7.08. The van der Waals surface area contributed by atoms with Gasteiger partial charge in [0, 0.05) is 12.6 Å². The van der Waals surface area contributed by atoms with Gasteiger partial charge in [-0.05, 0) is 37.2 Å². The molecule has 3 nitrogen and oxygen atoms in total. The summed E-state index contributed by atoms with van der Waals surface area (Å²) >= 11 is 0. The Morgan fingerprint density at radius 1 is 1.00 bits per heavy atom. The van der Waals surface area contributed by atoms with Crippen LogP contribution in [0.1, 0.15) is 56.6 Å². The SMILES string of the molecule is O=C1NCCCC1NC(c1ccccc1)C1CCCCC1. The van der Waals surface area contributed by atoms with E-state index >= 15 is 0 Å². The molecule has 0 bridgehead atoms. The van der Waals surface area contributed by atoms with Gasteiger partial charge in [-0.1, -0.05) is 49.6 Å². The van der Waals surface area contributed by atoms with Crippen LogP contribution in [-0.4, -0.2) is 18.5 Å². The molecular weight excluding hydrogens is 260 g/mol. The average Bonchev–Trinajstić information content (AvgIpc) is 2.56. The summed E-state index contributed by atoms with van der Waals surface area (Å²) in [5.41, 5.74) is 1.34. The first-order chi connectivity index (χ1) is 10.3. The van der Waals surface area contributed by atoms with Crippen molar-refractivity contribution >= 4 is 5.91 Å². The standard InChI is InChI=1S/C18H26N2O/c21-18-16(12-7-13-19-18)20-17(14-8-3-1-4-9-14)15-10-5-2-6-11-15/h1,3-4,8-9,15-17,20H,2,5-7,10-13H2,(H,19,21). The highest BCUT2D eigenvalue weighted by molar-refractivity contribution is 5.82. The van der Waals surface area contributed by atoms with E-state index in [4.69, 9.17) is 0 Å². The molecule has 1 saturated carbocycles. The van der Waals surface area contributed by atoms with Gasteiger partial charge in [-0.15, -0.1) is 0 Å². The second-order valence-electron chi connectivity index (χ2n) is 6.44. The summed E-state index contributed by atoms with van der Waals surface area (Å²) in [4.78, 5) is 12.1. The fourth-order valence-electron chi connectivity index (χ4n) is 3.78. The first-order valence-electron chi connectivity index (χ1n) is 8.43. The lowest BCUT2D eigenvalue weighted by Crippen LogP contribution is -2.50. The summed E-state index contributed by atoms with van der Waals surface area (Å²) in [6, 6.07) is 11.0. The lowest BCUT2D eigenvalue weighted by Gasteiger charge is -2.35. The molecule has 1 heterocycles. The third-order valence-electron chi connectivity index (χ3n) is 4.95. The van der Waals surface area contributed by atoms with E-state index in [1.54, 1.807) is 0 Å². The molecule has 2 fully saturated rings. The van der Waals surface area contributed by atoms with Gasteiger partial charge in [0.2, 0.25) is 5.91 Å². The van der Waals surface area contributed by atoms with Crippen LogP contribution >= 0.6 is 0 Å². The van der Waals surface area contributed by atoms with Crippen molar-refractivity contribution in [3.05, 3.63) is 35.9 Å². The summed E-state index contributed by atoms with van der Waals surface area (Å²) < 4.78 is 0. The molecule has 2 N–H and O–H groups in total. The zero-order valence-electron chi connectivity index (χ0n) is 12.7. The molecule has 0 radical (unpaired) electrons. The van der Waals surface area contributed by atoms with Crippen molar-refractivity contribution < 1.29 is 4.79 Å². The van der Waals surface area contributed by atoms with Gasteiger partial charge in [0.05, 0.1) is 6.04 Å². The molecule has 2 unspecified atom stereocenters. The fourth-order valence-corrected chi connectivity index (χ4v) is 3.78. The molecule has 1 amide bonds. The van der Waals surface area contributed by atoms with Crippen LogP contribution in [0.15, 0.2) is 30.3 Å². The smallest absolute Gasteiger partial charge is 0.237 e. The van der Waals surface area contributed by atoms with Crippen LogP contribution < -0.4 is 10.6 Å². The maximum absolute atomic E-state index is 12.1. The number of hydrogen-bond donors (Lipinski definition) is 2. The van der Waals surface area contributed by atoms with Crippen LogP contribution in [0.5, 0.6) is 0 Å². The van der Waals surface area contributed by atoms with Gasteiger partial charge in [0.1, 0.15) is 0 Å². The van der Waals surface area contributed by atoms with E-state index in [1.807, 2.05) is 0 Å². The molecule has 0 aromatic heterocycles. The van der Waals surface area contributed by atoms with Gasteiger partial charge in [0.15, 0.2) is 0 Å². The van der Waals surface area contributed by atoms with Crippen molar-refractivity contribution in [1.82, 2.24) is 10.6 Å². The third-order valence-corrected chi connectivity index (χ3v) is 4.95. The van der Waals surface area contributed by atoms with Gasteiger partial charge < -0.3 is 5.32 Å². The molecular formula is C18H26N2O. The average molecular weight is 286 g/mol. The maximum Gasteiger partial charge on any atom is 0.237 e. The summed E-state index contributed by atoms with van der Waals surface area (Å²) in [7, 11) is 0. The number of benzene rings is 1. The minimum absolute atomic E-state index is 0.0223. The normalized spacial score (nSPS) is 25.3. The molecule has 21 heavy (non-hydrogen) atoms. The Balaban J connectivity index is 1.76. The first kappa shape index (κ1) is 14.6. The number of hydrogen-bond acceptors (Lipinski definition) is 2. The van der Waals surface area contributed by atoms with E-state index in [0.29, 0.717) is 12.0 Å². The predicted octanol–water partition coefficient (Wildman–Crippen LogP) is 3.18. The van der Waals surface area contributed by atoms with Crippen molar-refractivity contribution in [2.24, 2.45) is 5.92 Å². The van der Waals surface area contributed by atoms with Crippen molar-refractivity contribution in [3.63, 3.8) is 0 Å². The zero-order valence-corrected chi connectivity index (χ0v) is 12.7. The Hall–Kier alpha value is -1.35. The Morgan fingerprint density at radius 2 is 1.76 bits per heavy atom. The van der Waals surface area contributed by atoms with Gasteiger partial charge in [-0.2, -0.15) is 0 Å². The van der Waals surface area contributed by atoms with Gasteiger partial charge in [-0.25, -0.2) is 0 Å². The molecule has 3 rings (SSSR count). The molecule has 114 valence electrons. The van der Waals surface area contributed by atoms with E-state index in [2.05, 4.69) is 41.0 Å². The van der Waals surface area contributed by atoms with Crippen molar-refractivity contribution in [2.75, 3.05) is 6.54 Å². The molecule has 2 atom stereocenters. The molecule has 1 aromatic carbocycles. The van der Waals surface area contributed by atoms with E-state index in [-0.39, 0.29) is 11.9 Å². The summed E-state index contributed by atoms with van der Waals surface area (Å²) in [5.74, 6) is 0.842. The number of rotatable bonds is 4. The van der Waals surface area contributed by atoms with Crippen LogP contribution in [0.4, 0.5) is 0 Å². The minimum Gasteiger partial charge on any atom is -0.355 e. The van der Waals surface area contributed by atoms with Crippen LogP contribution in [-0.2, 0) is 4.79 Å². The Kier molecular flexibility index (Phi) is 4.91. The van der Waals surface area contributed by atoms with Crippen molar-refractivity contribution in [1.29, 1.82) is 0 Å². The molecule has 1 aromatic rings. The fraction of sp³-hybridized carbons (Fsp3) is 0.611. The highest BCUT2D eigenvalue weighted by Gasteiger charge is 2.30. The highest BCUT2D eigenvalue weighted by Crippen LogP contribution is 2.35. The van der Waals surface area contributed by atoms with Crippen LogP contribution in [0.2, 0.25) is 0 Å². The van der Waals surface area contributed by atoms with E-state index in [0.717, 1.165) is 19.4 Å². The molecule has 3 heteroatoms. The van der Waals surface area contributed by atoms with Crippen LogP contribution in [0, 0.1) is 5.92 Å². The second-order valence-corrected chi connectivity index (χ2v) is 6.44. The number of piperidine rings is 1. The van der Waals surface area contributed by atoms with Crippen LogP contribution in [0.25, 0.3) is 0 Å². The summed E-state index contributed by atoms with van der Waals surface area (Å²) in [5, 5.41) is 6.67. The Morgan fingerprint density at radius 3 is 2.48 bits per heavy atom. The van der Waals surface area contributed by atoms with E-state index < -0.39 is 0 Å². The van der Waals surface area contributed by atoms with Gasteiger partial charge in [0.25, 0.3) is 0 Å². The Bertz CT molecular complexity index is 454. The zero-order chi connectivity index (χ0) is 14.5. The quantitative estimate of drug-likeness (QED) is 0.892. The summed E-state index contributed by atoms with van der Waals surface area (Å²) in [6.45, 7) is 0.830. The van der Waals surface area contributed by atoms with Crippen molar-refractivity contribution in [3.8, 4) is 0 Å². The number of amides is 1. The lowest BCUT2D eigenvalue weighted by atomic mass is 9.80. The maximum atomic E-state index is 12.1. The van der Waals surface area contributed by atoms with Gasteiger partial charge >= 0.3 is 0 Å². The first-order valence-corrected chi connectivity index (χ1v) is 8.43. The predicted molar refractivity (Wildman–Crippen MR) is 84.9 cm³/mol. The van der Waals surface area contributed by atoms with Gasteiger partial charge in [-0.3, -0.25) is 10.1 Å². The molecule has 1 saturated heterocycles. The van der Waals surface area contributed by atoms with Crippen molar-refractivity contribution in [2.45, 2.75) is 57.0 Å². The number of carbonyl (C=O) groups excluding carboxylic acids is 1. The van der Waals surface area contributed by atoms with E-state index in [9.17, 15) is 4.79 Å². The molecule has 1 aliphatic heterocycles. The number of nitrogens with one attached hydrogen (secondary N) is 2. The summed E-state index contributed by atoms with van der Waals surface area (Å²) in [6.07, 6.45) is 8.61. The van der Waals surface area contributed by atoms with Crippen LogP contribution in [0.3, 0.4) is 0 Å². The molecule has 0 spiro atoms. The molecule has 1 aliphatic carbocycles. The highest BCUT2D eigenvalue weighted by atomic mass is 16.2. The number of carbonyl (C=O) groups is 1. The lowest BCUT2D eigenvalue weighted by molar-refractivity contribution is -0.124. The monoisotopic (exact) mass is 286 g/mol. The topological polar surface area (TPSA) is 41.1 Å². The third kappa shape index (κ3) is 3.65. The minimum atomic E-state index is -0.0223. The van der Waals surface area contributed by atoms with E-state index in [1.165, 1.54) is 37.7 Å². The largest absolute Gasteiger partial charge is 0.355 e.